The van der Waals surface area contributed by atoms with Crippen LogP contribution in [0.3, 0.4) is 0 Å². The van der Waals surface area contributed by atoms with E-state index in [9.17, 15) is 0 Å². The summed E-state index contributed by atoms with van der Waals surface area (Å²) >= 11 is 1.76. The molecule has 0 saturated heterocycles. The van der Waals surface area contributed by atoms with E-state index >= 15 is 0 Å². The van der Waals surface area contributed by atoms with Gasteiger partial charge in [0.05, 0.1) is 0 Å². The molecule has 2 rings (SSSR count). The van der Waals surface area contributed by atoms with Crippen LogP contribution in [0, 0.1) is 0 Å². The number of anilines is 2. The molecule has 4 N–H and O–H groups in total. The summed E-state index contributed by atoms with van der Waals surface area (Å²) in [6, 6.07) is 12.2. The summed E-state index contributed by atoms with van der Waals surface area (Å²) in [5.74, 6) is 0. The van der Waals surface area contributed by atoms with Gasteiger partial charge < -0.3 is 11.5 Å². The summed E-state index contributed by atoms with van der Waals surface area (Å²) in [5.41, 5.74) is 16.3. The minimum absolute atomic E-state index is 0.870. The van der Waals surface area contributed by atoms with Crippen molar-refractivity contribution in [1.29, 1.82) is 0 Å². The third-order valence-corrected chi connectivity index (χ3v) is 4.47. The molecule has 2 nitrogen and oxygen atoms in total. The molecular formula is C16H20N2S. The van der Waals surface area contributed by atoms with Gasteiger partial charge in [0.25, 0.3) is 0 Å². The Hall–Kier alpha value is -1.61. The Labute approximate surface area is 119 Å². The number of hydrogen-bond acceptors (Lipinski definition) is 3. The smallest absolute Gasteiger partial charge is 0.0357 e. The topological polar surface area (TPSA) is 52.0 Å². The number of rotatable bonds is 4. The van der Waals surface area contributed by atoms with Gasteiger partial charge in [-0.1, -0.05) is 37.7 Å². The van der Waals surface area contributed by atoms with Gasteiger partial charge in [0.2, 0.25) is 0 Å². The van der Waals surface area contributed by atoms with Gasteiger partial charge in [-0.15, -0.1) is 0 Å². The Morgan fingerprint density at radius 2 is 1.21 bits per heavy atom. The first-order chi connectivity index (χ1) is 9.17. The lowest BCUT2D eigenvalue weighted by Crippen LogP contribution is -1.97. The summed E-state index contributed by atoms with van der Waals surface area (Å²) in [5, 5.41) is 0. The van der Waals surface area contributed by atoms with Crippen LogP contribution in [-0.2, 0) is 12.8 Å². The van der Waals surface area contributed by atoms with E-state index in [4.69, 9.17) is 11.5 Å². The zero-order valence-corrected chi connectivity index (χ0v) is 12.3. The molecule has 0 amide bonds. The Morgan fingerprint density at radius 1 is 0.789 bits per heavy atom. The van der Waals surface area contributed by atoms with Gasteiger partial charge in [0.15, 0.2) is 0 Å². The normalized spacial score (nSPS) is 10.6. The van der Waals surface area contributed by atoms with Crippen molar-refractivity contribution in [3.05, 3.63) is 47.5 Å². The van der Waals surface area contributed by atoms with Gasteiger partial charge in [0.1, 0.15) is 0 Å². The lowest BCUT2D eigenvalue weighted by molar-refractivity contribution is 1.07. The number of nitrogen functional groups attached to an aromatic ring is 2. The highest BCUT2D eigenvalue weighted by Crippen LogP contribution is 2.36. The standard InChI is InChI=1S/C16H20N2S/c1-3-11-13(17)7-5-9-15(11)19-16-10-6-8-14(18)12(16)4-2/h5-10H,3-4,17-18H2,1-2H3. The van der Waals surface area contributed by atoms with Gasteiger partial charge in [-0.3, -0.25) is 0 Å². The first-order valence-corrected chi connectivity index (χ1v) is 7.41. The van der Waals surface area contributed by atoms with Crippen LogP contribution in [0.5, 0.6) is 0 Å². The minimum Gasteiger partial charge on any atom is -0.398 e. The molecule has 0 atom stereocenters. The lowest BCUT2D eigenvalue weighted by Gasteiger charge is -2.13. The fraction of sp³-hybridized carbons (Fsp3) is 0.250. The maximum absolute atomic E-state index is 6.05. The van der Waals surface area contributed by atoms with Crippen LogP contribution in [0.25, 0.3) is 0 Å². The third-order valence-electron chi connectivity index (χ3n) is 3.27. The molecule has 0 fully saturated rings. The molecule has 2 aromatic rings. The fourth-order valence-corrected chi connectivity index (χ4v) is 3.53. The van der Waals surface area contributed by atoms with Gasteiger partial charge in [-0.05, 0) is 48.2 Å². The van der Waals surface area contributed by atoms with Crippen LogP contribution in [0.4, 0.5) is 11.4 Å². The predicted octanol–water partition coefficient (Wildman–Crippen LogP) is 4.13. The average Bonchev–Trinajstić information content (AvgIpc) is 2.39. The van der Waals surface area contributed by atoms with Crippen molar-refractivity contribution in [2.75, 3.05) is 11.5 Å². The fourth-order valence-electron chi connectivity index (χ4n) is 2.23. The van der Waals surface area contributed by atoms with E-state index in [0.29, 0.717) is 0 Å². The molecule has 0 aliphatic carbocycles. The molecule has 0 radical (unpaired) electrons. The first kappa shape index (κ1) is 13.8. The Morgan fingerprint density at radius 3 is 1.58 bits per heavy atom. The van der Waals surface area contributed by atoms with Crippen LogP contribution in [0.1, 0.15) is 25.0 Å². The van der Waals surface area contributed by atoms with E-state index in [0.717, 1.165) is 24.2 Å². The molecule has 0 aliphatic rings. The molecule has 100 valence electrons. The van der Waals surface area contributed by atoms with Crippen LogP contribution < -0.4 is 11.5 Å². The van der Waals surface area contributed by atoms with Crippen molar-refractivity contribution in [2.24, 2.45) is 0 Å². The monoisotopic (exact) mass is 272 g/mol. The van der Waals surface area contributed by atoms with E-state index in [1.807, 2.05) is 24.3 Å². The Kier molecular flexibility index (Phi) is 4.38. The second-order valence-corrected chi connectivity index (χ2v) is 5.54. The zero-order chi connectivity index (χ0) is 13.8. The van der Waals surface area contributed by atoms with Gasteiger partial charge in [-0.25, -0.2) is 0 Å². The quantitative estimate of drug-likeness (QED) is 0.823. The maximum Gasteiger partial charge on any atom is 0.0357 e. The third kappa shape index (κ3) is 2.87. The van der Waals surface area contributed by atoms with E-state index < -0.39 is 0 Å². The summed E-state index contributed by atoms with van der Waals surface area (Å²) < 4.78 is 0. The molecule has 0 aliphatic heterocycles. The molecule has 0 saturated carbocycles. The van der Waals surface area contributed by atoms with Gasteiger partial charge in [-0.2, -0.15) is 0 Å². The SMILES string of the molecule is CCc1c(N)cccc1Sc1cccc(N)c1CC. The second kappa shape index (κ2) is 6.02. The van der Waals surface area contributed by atoms with Crippen molar-refractivity contribution < 1.29 is 0 Å². The molecular weight excluding hydrogens is 252 g/mol. The molecule has 0 unspecified atom stereocenters. The van der Waals surface area contributed by atoms with Crippen LogP contribution in [-0.4, -0.2) is 0 Å². The van der Waals surface area contributed by atoms with Crippen molar-refractivity contribution in [3.8, 4) is 0 Å². The Bertz CT molecular complexity index is 527. The first-order valence-electron chi connectivity index (χ1n) is 6.59. The molecule has 0 spiro atoms. The minimum atomic E-state index is 0.870. The molecule has 2 aromatic carbocycles. The summed E-state index contributed by atoms with van der Waals surface area (Å²) in [6.45, 7) is 4.27. The van der Waals surface area contributed by atoms with Crippen LogP contribution in [0.2, 0.25) is 0 Å². The summed E-state index contributed by atoms with van der Waals surface area (Å²) in [7, 11) is 0. The molecule has 0 bridgehead atoms. The maximum atomic E-state index is 6.05. The average molecular weight is 272 g/mol. The van der Waals surface area contributed by atoms with E-state index in [-0.39, 0.29) is 0 Å². The summed E-state index contributed by atoms with van der Waals surface area (Å²) in [4.78, 5) is 2.45. The highest BCUT2D eigenvalue weighted by molar-refractivity contribution is 7.99. The van der Waals surface area contributed by atoms with Crippen molar-refractivity contribution in [2.45, 2.75) is 36.5 Å². The zero-order valence-electron chi connectivity index (χ0n) is 11.4. The molecule has 0 aromatic heterocycles. The van der Waals surface area contributed by atoms with E-state index in [2.05, 4.69) is 26.0 Å². The second-order valence-electron chi connectivity index (χ2n) is 4.46. The van der Waals surface area contributed by atoms with Gasteiger partial charge in [0, 0.05) is 21.2 Å². The largest absolute Gasteiger partial charge is 0.398 e. The predicted molar refractivity (Wildman–Crippen MR) is 84.6 cm³/mol. The van der Waals surface area contributed by atoms with E-state index in [1.54, 1.807) is 11.8 Å². The highest BCUT2D eigenvalue weighted by atomic mass is 32.2. The molecule has 0 heterocycles. The summed E-state index contributed by atoms with van der Waals surface area (Å²) in [6.07, 6.45) is 1.89. The van der Waals surface area contributed by atoms with Gasteiger partial charge >= 0.3 is 0 Å². The number of nitrogens with two attached hydrogens (primary N) is 2. The van der Waals surface area contributed by atoms with Crippen molar-refractivity contribution >= 4 is 23.1 Å². The van der Waals surface area contributed by atoms with Crippen molar-refractivity contribution in [3.63, 3.8) is 0 Å². The Balaban J connectivity index is 2.42. The molecule has 3 heteroatoms. The van der Waals surface area contributed by atoms with Crippen LogP contribution in [0.15, 0.2) is 46.2 Å². The van der Waals surface area contributed by atoms with Crippen molar-refractivity contribution in [1.82, 2.24) is 0 Å². The number of benzene rings is 2. The van der Waals surface area contributed by atoms with Crippen LogP contribution >= 0.6 is 11.8 Å². The van der Waals surface area contributed by atoms with E-state index in [1.165, 1.54) is 20.9 Å². The lowest BCUT2D eigenvalue weighted by atomic mass is 10.1. The molecule has 19 heavy (non-hydrogen) atoms. The number of hydrogen-bond donors (Lipinski definition) is 2. The highest BCUT2D eigenvalue weighted by Gasteiger charge is 2.10.